The summed E-state index contributed by atoms with van der Waals surface area (Å²) in [7, 11) is 0. The van der Waals surface area contributed by atoms with Crippen molar-refractivity contribution in [1.82, 2.24) is 5.32 Å². The third-order valence-corrected chi connectivity index (χ3v) is 3.23. The number of alkyl carbamates (subject to hydrolysis) is 1. The summed E-state index contributed by atoms with van der Waals surface area (Å²) < 4.78 is 10.2. The molecule has 0 saturated heterocycles. The number of aliphatic carboxylic acids is 1. The molecule has 24 heavy (non-hydrogen) atoms. The van der Waals surface area contributed by atoms with Gasteiger partial charge in [0.25, 0.3) is 0 Å². The molecular formula is C17H31NO6. The average Bonchev–Trinajstić information content (AvgIpc) is 2.41. The van der Waals surface area contributed by atoms with Crippen LogP contribution in [0.4, 0.5) is 4.79 Å². The molecule has 0 aromatic rings. The molecule has 0 rings (SSSR count). The van der Waals surface area contributed by atoms with Crippen LogP contribution in [0.1, 0.15) is 60.8 Å². The topological polar surface area (TPSA) is 102 Å². The van der Waals surface area contributed by atoms with Crippen molar-refractivity contribution in [2.45, 2.75) is 67.1 Å². The Bertz CT molecular complexity index is 427. The van der Waals surface area contributed by atoms with Crippen molar-refractivity contribution in [2.75, 3.05) is 6.54 Å². The third-order valence-electron chi connectivity index (χ3n) is 3.23. The van der Waals surface area contributed by atoms with Crippen LogP contribution < -0.4 is 5.32 Å². The van der Waals surface area contributed by atoms with Crippen LogP contribution in [-0.2, 0) is 19.1 Å². The lowest BCUT2D eigenvalue weighted by Gasteiger charge is -2.23. The van der Waals surface area contributed by atoms with E-state index in [4.69, 9.17) is 14.6 Å². The van der Waals surface area contributed by atoms with Gasteiger partial charge >= 0.3 is 18.0 Å². The van der Waals surface area contributed by atoms with Crippen LogP contribution in [0.5, 0.6) is 0 Å². The summed E-state index contributed by atoms with van der Waals surface area (Å²) in [5.41, 5.74) is -0.683. The summed E-state index contributed by atoms with van der Waals surface area (Å²) in [5.74, 6) is -1.21. The maximum absolute atomic E-state index is 11.8. The first kappa shape index (κ1) is 22.2. The Balaban J connectivity index is 4.47. The first-order chi connectivity index (χ1) is 11.0. The highest BCUT2D eigenvalue weighted by atomic mass is 16.7. The molecule has 0 spiro atoms. The molecule has 0 aromatic carbocycles. The van der Waals surface area contributed by atoms with Gasteiger partial charge in [0.1, 0.15) is 0 Å². The van der Waals surface area contributed by atoms with Crippen LogP contribution in [0, 0.1) is 17.3 Å². The van der Waals surface area contributed by atoms with E-state index >= 15 is 0 Å². The highest BCUT2D eigenvalue weighted by Crippen LogP contribution is 2.18. The smallest absolute Gasteiger partial charge is 0.410 e. The summed E-state index contributed by atoms with van der Waals surface area (Å²) in [5, 5.41) is 11.5. The quantitative estimate of drug-likeness (QED) is 0.491. The second-order valence-electron chi connectivity index (χ2n) is 7.37. The summed E-state index contributed by atoms with van der Waals surface area (Å²) >= 11 is 0. The molecule has 2 N–H and O–H groups in total. The van der Waals surface area contributed by atoms with Gasteiger partial charge < -0.3 is 19.9 Å². The molecule has 1 amide bonds. The number of carboxylic acid groups (broad SMARTS) is 1. The maximum atomic E-state index is 11.8. The van der Waals surface area contributed by atoms with Crippen molar-refractivity contribution >= 4 is 18.0 Å². The van der Waals surface area contributed by atoms with E-state index < -0.39 is 29.7 Å². The molecular weight excluding hydrogens is 314 g/mol. The van der Waals surface area contributed by atoms with Gasteiger partial charge in [0, 0.05) is 19.4 Å². The van der Waals surface area contributed by atoms with E-state index in [0.717, 1.165) is 0 Å². The molecule has 0 aliphatic rings. The van der Waals surface area contributed by atoms with Crippen LogP contribution in [-0.4, -0.2) is 36.0 Å². The maximum Gasteiger partial charge on any atom is 0.410 e. The number of hydrogen-bond acceptors (Lipinski definition) is 5. The minimum atomic E-state index is -0.959. The summed E-state index contributed by atoms with van der Waals surface area (Å²) in [6.07, 6.45) is -0.681. The normalized spacial score (nSPS) is 14.0. The summed E-state index contributed by atoms with van der Waals surface area (Å²) in [6.45, 7) is 11.1. The van der Waals surface area contributed by atoms with Gasteiger partial charge in [0.05, 0.1) is 5.41 Å². The van der Waals surface area contributed by atoms with Crippen molar-refractivity contribution in [2.24, 2.45) is 17.3 Å². The van der Waals surface area contributed by atoms with E-state index in [2.05, 4.69) is 5.32 Å². The standard InChI is InChI=1S/C17H31NO6/c1-7-14(23-15(21)17(4,5)6)24-16(22)18-10-12(8-11(2)3)9-13(19)20/h11-12,14H,7-10H2,1-6H3,(H,18,22)(H,19,20)/t12-,14?/m0/s1. The van der Waals surface area contributed by atoms with Crippen molar-refractivity contribution in [1.29, 1.82) is 0 Å². The number of carbonyl (C=O) groups excluding carboxylic acids is 2. The van der Waals surface area contributed by atoms with Gasteiger partial charge in [-0.2, -0.15) is 0 Å². The lowest BCUT2D eigenvalue weighted by Crippen LogP contribution is -2.36. The minimum Gasteiger partial charge on any atom is -0.481 e. The highest BCUT2D eigenvalue weighted by molar-refractivity contribution is 5.75. The zero-order valence-electron chi connectivity index (χ0n) is 15.5. The van der Waals surface area contributed by atoms with Crippen molar-refractivity contribution in [3.8, 4) is 0 Å². The fraction of sp³-hybridized carbons (Fsp3) is 0.824. The zero-order chi connectivity index (χ0) is 18.9. The molecule has 7 heteroatoms. The van der Waals surface area contributed by atoms with Crippen molar-refractivity contribution in [3.63, 3.8) is 0 Å². The molecule has 0 fully saturated rings. The Labute approximate surface area is 144 Å². The van der Waals surface area contributed by atoms with Gasteiger partial charge in [-0.3, -0.25) is 9.59 Å². The van der Waals surface area contributed by atoms with Gasteiger partial charge in [0.15, 0.2) is 0 Å². The van der Waals surface area contributed by atoms with Crippen LogP contribution >= 0.6 is 0 Å². The van der Waals surface area contributed by atoms with E-state index in [0.29, 0.717) is 18.8 Å². The summed E-state index contributed by atoms with van der Waals surface area (Å²) in [6, 6.07) is 0. The third kappa shape index (κ3) is 10.1. The number of hydrogen-bond donors (Lipinski definition) is 2. The SMILES string of the molecule is CCC(OC(=O)NC[C@H](CC(=O)O)CC(C)C)OC(=O)C(C)(C)C. The molecule has 0 aliphatic heterocycles. The Morgan fingerprint density at radius 2 is 1.71 bits per heavy atom. The lowest BCUT2D eigenvalue weighted by molar-refractivity contribution is -0.177. The van der Waals surface area contributed by atoms with Crippen molar-refractivity contribution < 1.29 is 29.0 Å². The monoisotopic (exact) mass is 345 g/mol. The lowest BCUT2D eigenvalue weighted by atomic mass is 9.94. The fourth-order valence-corrected chi connectivity index (χ4v) is 2.03. The molecule has 0 aliphatic carbocycles. The first-order valence-corrected chi connectivity index (χ1v) is 8.33. The number of esters is 1. The molecule has 140 valence electrons. The number of rotatable bonds is 9. The second-order valence-corrected chi connectivity index (χ2v) is 7.37. The number of nitrogens with one attached hydrogen (secondary N) is 1. The average molecular weight is 345 g/mol. The predicted octanol–water partition coefficient (Wildman–Crippen LogP) is 3.18. The zero-order valence-corrected chi connectivity index (χ0v) is 15.5. The fourth-order valence-electron chi connectivity index (χ4n) is 2.03. The van der Waals surface area contributed by atoms with Crippen LogP contribution in [0.2, 0.25) is 0 Å². The van der Waals surface area contributed by atoms with Crippen LogP contribution in [0.3, 0.4) is 0 Å². The number of carbonyl (C=O) groups is 3. The van der Waals surface area contributed by atoms with Gasteiger partial charge in [0.2, 0.25) is 6.29 Å². The van der Waals surface area contributed by atoms with Gasteiger partial charge in [-0.05, 0) is 39.0 Å². The minimum absolute atomic E-state index is 0.0192. The molecule has 2 atom stereocenters. The number of ether oxygens (including phenoxy) is 2. The molecule has 0 aromatic heterocycles. The van der Waals surface area contributed by atoms with Crippen LogP contribution in [0.15, 0.2) is 0 Å². The Kier molecular flexibility index (Phi) is 9.40. The first-order valence-electron chi connectivity index (χ1n) is 8.33. The number of carboxylic acids is 1. The number of amides is 1. The van der Waals surface area contributed by atoms with Crippen LogP contribution in [0.25, 0.3) is 0 Å². The largest absolute Gasteiger partial charge is 0.481 e. The highest BCUT2D eigenvalue weighted by Gasteiger charge is 2.27. The summed E-state index contributed by atoms with van der Waals surface area (Å²) in [4.78, 5) is 34.5. The molecule has 0 heterocycles. The van der Waals surface area contributed by atoms with E-state index in [1.165, 1.54) is 0 Å². The van der Waals surface area contributed by atoms with E-state index in [-0.39, 0.29) is 18.9 Å². The Hall–Kier alpha value is -1.79. The van der Waals surface area contributed by atoms with Crippen molar-refractivity contribution in [3.05, 3.63) is 0 Å². The Morgan fingerprint density at radius 3 is 2.12 bits per heavy atom. The Morgan fingerprint density at radius 1 is 1.12 bits per heavy atom. The predicted molar refractivity (Wildman–Crippen MR) is 89.3 cm³/mol. The second kappa shape index (κ2) is 10.2. The molecule has 0 bridgehead atoms. The van der Waals surface area contributed by atoms with Gasteiger partial charge in [-0.1, -0.05) is 20.8 Å². The van der Waals surface area contributed by atoms with E-state index in [9.17, 15) is 14.4 Å². The molecule has 0 radical (unpaired) electrons. The van der Waals surface area contributed by atoms with E-state index in [1.54, 1.807) is 27.7 Å². The molecule has 0 saturated carbocycles. The van der Waals surface area contributed by atoms with Gasteiger partial charge in [-0.25, -0.2) is 4.79 Å². The molecule has 7 nitrogen and oxygen atoms in total. The van der Waals surface area contributed by atoms with Gasteiger partial charge in [-0.15, -0.1) is 0 Å². The molecule has 1 unspecified atom stereocenters. The van der Waals surface area contributed by atoms with E-state index in [1.807, 2.05) is 13.8 Å².